The fourth-order valence-electron chi connectivity index (χ4n) is 3.07. The molecule has 0 saturated heterocycles. The van der Waals surface area contributed by atoms with E-state index in [0.717, 1.165) is 22.4 Å². The summed E-state index contributed by atoms with van der Waals surface area (Å²) in [5, 5.41) is 17.7. The molecule has 2 aromatic heterocycles. The zero-order chi connectivity index (χ0) is 20.4. The monoisotopic (exact) mass is 409 g/mol. The molecule has 0 atom stereocenters. The highest BCUT2D eigenvalue weighted by atomic mass is 32.2. The third kappa shape index (κ3) is 3.97. The van der Waals surface area contributed by atoms with Gasteiger partial charge in [0.2, 0.25) is 10.0 Å². The largest absolute Gasteiger partial charge is 0.392 e. The smallest absolute Gasteiger partial charge is 0.238 e. The maximum absolute atomic E-state index is 11.4. The van der Waals surface area contributed by atoms with Gasteiger partial charge < -0.3 is 10.4 Å². The number of nitrogens with one attached hydrogen (secondary N) is 1. The molecule has 148 valence electrons. The second-order valence-corrected chi connectivity index (χ2v) is 8.08. The Bertz CT molecular complexity index is 1270. The molecule has 0 radical (unpaired) electrons. The Kier molecular flexibility index (Phi) is 5.01. The van der Waals surface area contributed by atoms with Crippen molar-refractivity contribution in [1.29, 1.82) is 0 Å². The van der Waals surface area contributed by atoms with Gasteiger partial charge in [-0.25, -0.2) is 23.5 Å². The number of nitrogens with two attached hydrogens (primary N) is 1. The maximum atomic E-state index is 11.4. The Labute approximate surface area is 167 Å². The van der Waals surface area contributed by atoms with Crippen LogP contribution in [0.25, 0.3) is 16.9 Å². The van der Waals surface area contributed by atoms with Crippen molar-refractivity contribution in [2.45, 2.75) is 18.0 Å². The molecule has 0 aliphatic carbocycles. The summed E-state index contributed by atoms with van der Waals surface area (Å²) in [5.74, 6) is 0.604. The molecule has 9 heteroatoms. The van der Waals surface area contributed by atoms with Crippen LogP contribution in [0.5, 0.6) is 0 Å². The Balaban J connectivity index is 1.60. The van der Waals surface area contributed by atoms with E-state index >= 15 is 0 Å². The van der Waals surface area contributed by atoms with Crippen LogP contribution in [0, 0.1) is 0 Å². The molecule has 2 aromatic carbocycles. The first-order valence-electron chi connectivity index (χ1n) is 8.83. The molecule has 2 heterocycles. The Hall–Kier alpha value is -3.27. The lowest BCUT2D eigenvalue weighted by Gasteiger charge is -2.09. The number of fused-ring (bicyclic) bond motifs is 1. The van der Waals surface area contributed by atoms with Crippen molar-refractivity contribution in [3.05, 3.63) is 78.2 Å². The first-order chi connectivity index (χ1) is 14.0. The molecule has 0 saturated carbocycles. The lowest BCUT2D eigenvalue weighted by Crippen LogP contribution is -2.12. The van der Waals surface area contributed by atoms with Gasteiger partial charge in [0.25, 0.3) is 0 Å². The fourth-order valence-corrected chi connectivity index (χ4v) is 3.58. The molecule has 0 spiro atoms. The predicted molar refractivity (Wildman–Crippen MR) is 109 cm³/mol. The average Bonchev–Trinajstić information content (AvgIpc) is 3.17. The van der Waals surface area contributed by atoms with Gasteiger partial charge in [-0.2, -0.15) is 0 Å². The van der Waals surface area contributed by atoms with Crippen molar-refractivity contribution in [3.8, 4) is 11.3 Å². The van der Waals surface area contributed by atoms with Gasteiger partial charge in [0.05, 0.1) is 23.4 Å². The number of nitrogens with zero attached hydrogens (tertiary/aromatic N) is 3. The molecule has 8 nitrogen and oxygen atoms in total. The highest BCUT2D eigenvalue weighted by Crippen LogP contribution is 2.24. The zero-order valence-electron chi connectivity index (χ0n) is 15.4. The number of primary sulfonamides is 1. The van der Waals surface area contributed by atoms with Crippen LogP contribution in [0.1, 0.15) is 11.1 Å². The molecule has 0 aliphatic rings. The van der Waals surface area contributed by atoms with Gasteiger partial charge in [0.15, 0.2) is 11.5 Å². The van der Waals surface area contributed by atoms with E-state index in [4.69, 9.17) is 5.14 Å². The first-order valence-corrected chi connectivity index (χ1v) is 10.4. The molecule has 4 rings (SSSR count). The molecule has 0 aliphatic heterocycles. The van der Waals surface area contributed by atoms with E-state index in [1.54, 1.807) is 24.5 Å². The predicted octanol–water partition coefficient (Wildman–Crippen LogP) is 2.15. The number of aliphatic hydroxyl groups excluding tert-OH is 1. The van der Waals surface area contributed by atoms with Crippen molar-refractivity contribution >= 4 is 21.5 Å². The lowest BCUT2D eigenvalue weighted by molar-refractivity contribution is 0.282. The van der Waals surface area contributed by atoms with Crippen molar-refractivity contribution in [2.75, 3.05) is 5.32 Å². The van der Waals surface area contributed by atoms with Crippen LogP contribution >= 0.6 is 0 Å². The molecule has 0 bridgehead atoms. The second kappa shape index (κ2) is 7.63. The molecule has 0 unspecified atom stereocenters. The van der Waals surface area contributed by atoms with Gasteiger partial charge in [-0.1, -0.05) is 30.3 Å². The van der Waals surface area contributed by atoms with E-state index in [0.29, 0.717) is 18.0 Å². The van der Waals surface area contributed by atoms with Crippen LogP contribution in [-0.4, -0.2) is 27.9 Å². The minimum atomic E-state index is -3.71. The summed E-state index contributed by atoms with van der Waals surface area (Å²) >= 11 is 0. The highest BCUT2D eigenvalue weighted by molar-refractivity contribution is 7.89. The number of hydrogen-bond donors (Lipinski definition) is 3. The van der Waals surface area contributed by atoms with Crippen LogP contribution in [0.4, 0.5) is 5.82 Å². The minimum Gasteiger partial charge on any atom is -0.392 e. The van der Waals surface area contributed by atoms with Gasteiger partial charge >= 0.3 is 0 Å². The first kappa shape index (κ1) is 19.1. The number of aromatic nitrogens is 3. The SMILES string of the molecule is NS(=O)(=O)c1ccc(CNc2nccn3c(-c4cccc(CO)c4)cnc23)cc1. The van der Waals surface area contributed by atoms with Crippen molar-refractivity contribution < 1.29 is 13.5 Å². The van der Waals surface area contributed by atoms with Crippen molar-refractivity contribution in [1.82, 2.24) is 14.4 Å². The van der Waals surface area contributed by atoms with E-state index in [1.165, 1.54) is 12.1 Å². The fraction of sp³-hybridized carbons (Fsp3) is 0.100. The maximum Gasteiger partial charge on any atom is 0.238 e. The Morgan fingerprint density at radius 1 is 1.07 bits per heavy atom. The van der Waals surface area contributed by atoms with E-state index in [-0.39, 0.29) is 11.5 Å². The molecule has 4 aromatic rings. The number of rotatable bonds is 6. The lowest BCUT2D eigenvalue weighted by atomic mass is 10.1. The van der Waals surface area contributed by atoms with Gasteiger partial charge in [-0.05, 0) is 29.3 Å². The summed E-state index contributed by atoms with van der Waals surface area (Å²) in [6.07, 6.45) is 5.27. The minimum absolute atomic E-state index is 0.0246. The zero-order valence-corrected chi connectivity index (χ0v) is 16.2. The van der Waals surface area contributed by atoms with Crippen LogP contribution in [0.2, 0.25) is 0 Å². The number of hydrogen-bond acceptors (Lipinski definition) is 6. The number of benzene rings is 2. The van der Waals surface area contributed by atoms with Gasteiger partial charge in [0, 0.05) is 24.5 Å². The highest BCUT2D eigenvalue weighted by Gasteiger charge is 2.11. The normalized spacial score (nSPS) is 11.7. The van der Waals surface area contributed by atoms with Crippen LogP contribution < -0.4 is 10.5 Å². The summed E-state index contributed by atoms with van der Waals surface area (Å²) in [6.45, 7) is 0.420. The van der Waals surface area contributed by atoms with E-state index in [9.17, 15) is 13.5 Å². The summed E-state index contributed by atoms with van der Waals surface area (Å²) in [7, 11) is -3.71. The van der Waals surface area contributed by atoms with E-state index in [1.807, 2.05) is 34.9 Å². The number of imidazole rings is 1. The molecule has 0 fully saturated rings. The standard InChI is InChI=1S/C20H19N5O3S/c21-29(27,28)17-6-4-14(5-7-17)11-23-19-20-24-12-18(25(20)9-8-22-19)16-3-1-2-15(10-16)13-26/h1-10,12,26H,11,13H2,(H,22,23)(H2,21,27,28). The van der Waals surface area contributed by atoms with Crippen LogP contribution in [0.3, 0.4) is 0 Å². The van der Waals surface area contributed by atoms with Gasteiger partial charge in [-0.3, -0.25) is 4.40 Å². The van der Waals surface area contributed by atoms with Gasteiger partial charge in [-0.15, -0.1) is 0 Å². The Morgan fingerprint density at radius 2 is 1.86 bits per heavy atom. The molecular formula is C20H19N5O3S. The average molecular weight is 409 g/mol. The topological polar surface area (TPSA) is 123 Å². The number of sulfonamides is 1. The third-order valence-electron chi connectivity index (χ3n) is 4.55. The van der Waals surface area contributed by atoms with Crippen molar-refractivity contribution in [3.63, 3.8) is 0 Å². The summed E-state index contributed by atoms with van der Waals surface area (Å²) in [6, 6.07) is 14.0. The molecular weight excluding hydrogens is 390 g/mol. The van der Waals surface area contributed by atoms with E-state index in [2.05, 4.69) is 15.3 Å². The molecule has 0 amide bonds. The summed E-state index contributed by atoms with van der Waals surface area (Å²) in [5.41, 5.74) is 4.20. The number of aliphatic hydroxyl groups is 1. The Morgan fingerprint density at radius 3 is 2.59 bits per heavy atom. The van der Waals surface area contributed by atoms with Crippen LogP contribution in [0.15, 0.2) is 72.0 Å². The quantitative estimate of drug-likeness (QED) is 0.448. The number of anilines is 1. The molecule has 4 N–H and O–H groups in total. The van der Waals surface area contributed by atoms with E-state index < -0.39 is 10.0 Å². The third-order valence-corrected chi connectivity index (χ3v) is 5.47. The van der Waals surface area contributed by atoms with Crippen LogP contribution in [-0.2, 0) is 23.2 Å². The second-order valence-electron chi connectivity index (χ2n) is 6.51. The summed E-state index contributed by atoms with van der Waals surface area (Å²) in [4.78, 5) is 8.93. The van der Waals surface area contributed by atoms with Crippen molar-refractivity contribution in [2.24, 2.45) is 5.14 Å². The molecule has 29 heavy (non-hydrogen) atoms. The summed E-state index contributed by atoms with van der Waals surface area (Å²) < 4.78 is 24.6. The van der Waals surface area contributed by atoms with Gasteiger partial charge in [0.1, 0.15) is 0 Å².